The van der Waals surface area contributed by atoms with Gasteiger partial charge in [-0.25, -0.2) is 0 Å². The van der Waals surface area contributed by atoms with Gasteiger partial charge in [0.1, 0.15) is 0 Å². The van der Waals surface area contributed by atoms with E-state index in [2.05, 4.69) is 102 Å². The number of benzene rings is 2. The quantitative estimate of drug-likeness (QED) is 0.267. The Labute approximate surface area is 217 Å². The molecule has 33 heavy (non-hydrogen) atoms. The summed E-state index contributed by atoms with van der Waals surface area (Å²) in [5, 5.41) is 0. The molecule has 3 heteroatoms. The van der Waals surface area contributed by atoms with Crippen LogP contribution in [0.1, 0.15) is 106 Å². The SMILES string of the molecule is CCCc1ccc(CC)c2c1C=C(C)[CH]2[Zr]([Br])([Br])[CH]1C(C)=Cc2c(CCC)ccc(CC)c21. The Kier molecular flexibility index (Phi) is 8.14. The molecular weight excluding hydrogens is 611 g/mol. The van der Waals surface area contributed by atoms with E-state index >= 15 is 0 Å². The predicted octanol–water partition coefficient (Wildman–Crippen LogP) is 10.1. The van der Waals surface area contributed by atoms with Crippen LogP contribution in [0.4, 0.5) is 0 Å². The topological polar surface area (TPSA) is 0 Å². The molecule has 0 heterocycles. The number of halogens is 2. The zero-order valence-electron chi connectivity index (χ0n) is 21.1. The first-order valence-corrected chi connectivity index (χ1v) is 26.9. The summed E-state index contributed by atoms with van der Waals surface area (Å²) in [5.41, 5.74) is 15.6. The molecule has 0 aliphatic heterocycles. The summed E-state index contributed by atoms with van der Waals surface area (Å²) in [4.78, 5) is 0. The molecule has 0 radical (unpaired) electrons. The maximum absolute atomic E-state index is 4.56. The van der Waals surface area contributed by atoms with Crippen molar-refractivity contribution in [3.8, 4) is 0 Å². The van der Waals surface area contributed by atoms with Gasteiger partial charge >= 0.3 is 219 Å². The van der Waals surface area contributed by atoms with Crippen LogP contribution in [0, 0.1) is 0 Å². The molecule has 2 unspecified atom stereocenters. The van der Waals surface area contributed by atoms with E-state index in [0.29, 0.717) is 7.25 Å². The average molecular weight is 650 g/mol. The third-order valence-corrected chi connectivity index (χ3v) is 26.0. The van der Waals surface area contributed by atoms with Crippen molar-refractivity contribution in [3.05, 3.63) is 79.9 Å². The molecule has 0 bridgehead atoms. The first-order chi connectivity index (χ1) is 15.8. The van der Waals surface area contributed by atoms with Gasteiger partial charge in [0.2, 0.25) is 0 Å². The van der Waals surface area contributed by atoms with Gasteiger partial charge in [-0.3, -0.25) is 0 Å². The van der Waals surface area contributed by atoms with E-state index in [1.54, 1.807) is 33.4 Å². The van der Waals surface area contributed by atoms with Crippen molar-refractivity contribution in [3.63, 3.8) is 0 Å². The zero-order chi connectivity index (χ0) is 23.9. The van der Waals surface area contributed by atoms with Crippen LogP contribution in [0.15, 0.2) is 35.4 Å². The number of rotatable bonds is 8. The van der Waals surface area contributed by atoms with Gasteiger partial charge in [-0.2, -0.15) is 0 Å². The van der Waals surface area contributed by atoms with Crippen molar-refractivity contribution in [2.75, 3.05) is 0 Å². The summed E-state index contributed by atoms with van der Waals surface area (Å²) in [7, 11) is 0. The van der Waals surface area contributed by atoms with Crippen molar-refractivity contribution in [2.45, 2.75) is 87.3 Å². The minimum atomic E-state index is -3.14. The molecule has 0 saturated heterocycles. The summed E-state index contributed by atoms with van der Waals surface area (Å²) in [6, 6.07) is 9.64. The standard InChI is InChI=1S/2C15H19.2BrH.Zr/c2*1-4-6-13-8-7-12(5-2)14-9-11(3)10-15(13)14;;;/h2*7-10H,4-6H2,1-3H3;2*1H;/q;;;;+2/p-2. The number of fused-ring (bicyclic) bond motifs is 2. The Bertz CT molecular complexity index is 1040. The first-order valence-electron chi connectivity index (χ1n) is 12.8. The predicted molar refractivity (Wildman–Crippen MR) is 150 cm³/mol. The molecule has 2 aromatic rings. The van der Waals surface area contributed by atoms with Gasteiger partial charge in [0, 0.05) is 0 Å². The zero-order valence-corrected chi connectivity index (χ0v) is 26.7. The van der Waals surface area contributed by atoms with Gasteiger partial charge in [-0.05, 0) is 0 Å². The fourth-order valence-corrected chi connectivity index (χ4v) is 28.0. The molecule has 0 spiro atoms. The average Bonchev–Trinajstić information content (AvgIpc) is 3.32. The van der Waals surface area contributed by atoms with Gasteiger partial charge < -0.3 is 0 Å². The van der Waals surface area contributed by atoms with E-state index in [1.807, 2.05) is 0 Å². The van der Waals surface area contributed by atoms with E-state index in [-0.39, 0.29) is 0 Å². The monoisotopic (exact) mass is 646 g/mol. The van der Waals surface area contributed by atoms with Gasteiger partial charge in [-0.15, -0.1) is 0 Å². The molecule has 4 rings (SSSR count). The summed E-state index contributed by atoms with van der Waals surface area (Å²) >= 11 is 5.97. The Morgan fingerprint density at radius 2 is 1.00 bits per heavy atom. The molecule has 0 amide bonds. The molecule has 0 saturated carbocycles. The summed E-state index contributed by atoms with van der Waals surface area (Å²) in [5.74, 6) is 0. The molecule has 176 valence electrons. The second-order valence-electron chi connectivity index (χ2n) is 9.95. The number of hydrogen-bond acceptors (Lipinski definition) is 0. The van der Waals surface area contributed by atoms with E-state index < -0.39 is 15.6 Å². The van der Waals surface area contributed by atoms with Crippen molar-refractivity contribution in [2.24, 2.45) is 0 Å². The van der Waals surface area contributed by atoms with Gasteiger partial charge in [0.15, 0.2) is 0 Å². The first kappa shape index (κ1) is 25.8. The van der Waals surface area contributed by atoms with Crippen LogP contribution in [0.5, 0.6) is 0 Å². The molecule has 0 fully saturated rings. The van der Waals surface area contributed by atoms with Crippen LogP contribution in [0.25, 0.3) is 12.2 Å². The van der Waals surface area contributed by atoms with E-state index in [0.717, 1.165) is 12.8 Å². The van der Waals surface area contributed by atoms with Crippen molar-refractivity contribution in [1.82, 2.24) is 0 Å². The fourth-order valence-electron chi connectivity index (χ4n) is 6.30. The molecule has 2 aromatic carbocycles. The molecule has 0 N–H and O–H groups in total. The van der Waals surface area contributed by atoms with Crippen molar-refractivity contribution >= 4 is 36.6 Å². The van der Waals surface area contributed by atoms with Crippen LogP contribution in [-0.4, -0.2) is 0 Å². The van der Waals surface area contributed by atoms with Gasteiger partial charge in [-0.1, -0.05) is 0 Å². The summed E-state index contributed by atoms with van der Waals surface area (Å²) in [6.45, 7) is 14.0. The summed E-state index contributed by atoms with van der Waals surface area (Å²) < 4.78 is 1.03. The second kappa shape index (κ2) is 10.4. The van der Waals surface area contributed by atoms with Crippen LogP contribution in [-0.2, 0) is 41.3 Å². The molecule has 2 aliphatic carbocycles. The van der Waals surface area contributed by atoms with Crippen LogP contribution < -0.4 is 0 Å². The molecule has 0 aromatic heterocycles. The van der Waals surface area contributed by atoms with Crippen molar-refractivity contribution < 1.29 is 15.6 Å². The Morgan fingerprint density at radius 1 is 0.636 bits per heavy atom. The van der Waals surface area contributed by atoms with Crippen LogP contribution in [0.2, 0.25) is 0 Å². The van der Waals surface area contributed by atoms with Gasteiger partial charge in [0.25, 0.3) is 0 Å². The molecule has 2 atom stereocenters. The third kappa shape index (κ3) is 4.42. The number of aryl methyl sites for hydroxylation is 4. The molecule has 2 aliphatic rings. The number of hydrogen-bond donors (Lipinski definition) is 0. The van der Waals surface area contributed by atoms with E-state index in [9.17, 15) is 0 Å². The maximum atomic E-state index is 4.56. The Balaban J connectivity index is 1.89. The third-order valence-electron chi connectivity index (χ3n) is 7.74. The van der Waals surface area contributed by atoms with Gasteiger partial charge in [0.05, 0.1) is 0 Å². The number of allylic oxidation sites excluding steroid dienone is 2. The second-order valence-corrected chi connectivity index (χ2v) is 37.9. The Hall–Kier alpha value is -0.237. The van der Waals surface area contributed by atoms with Crippen molar-refractivity contribution in [1.29, 1.82) is 0 Å². The van der Waals surface area contributed by atoms with Crippen LogP contribution in [0.3, 0.4) is 0 Å². The minimum absolute atomic E-state index is 0.514. The van der Waals surface area contributed by atoms with E-state index in [1.165, 1.54) is 47.9 Å². The van der Waals surface area contributed by atoms with E-state index in [4.69, 9.17) is 0 Å². The van der Waals surface area contributed by atoms with Crippen LogP contribution >= 0.6 is 24.4 Å². The molecule has 0 nitrogen and oxygen atoms in total. The fraction of sp³-hybridized carbons (Fsp3) is 0.467. The molecular formula is C30H38Br2Zr. The Morgan fingerprint density at radius 3 is 1.33 bits per heavy atom. The summed E-state index contributed by atoms with van der Waals surface area (Å²) in [6.07, 6.45) is 12.0. The normalized spacial score (nSPS) is 19.4.